The van der Waals surface area contributed by atoms with Gasteiger partial charge in [0.15, 0.2) is 0 Å². The maximum Gasteiger partial charge on any atom is 0.222 e. The van der Waals surface area contributed by atoms with Crippen molar-refractivity contribution < 1.29 is 4.79 Å². The van der Waals surface area contributed by atoms with E-state index in [0.29, 0.717) is 12.8 Å². The molecule has 4 heteroatoms. The molecule has 0 aliphatic heterocycles. The van der Waals surface area contributed by atoms with Crippen LogP contribution >= 0.6 is 15.9 Å². The Kier molecular flexibility index (Phi) is 4.15. The number of hydrogen-bond donors (Lipinski definition) is 1. The zero-order valence-corrected chi connectivity index (χ0v) is 10.5. The highest BCUT2D eigenvalue weighted by molar-refractivity contribution is 9.10. The number of nitrogens with two attached hydrogens (primary N) is 1. The highest BCUT2D eigenvalue weighted by atomic mass is 79.9. The molecular weight excluding hydrogens is 256 g/mol. The molecule has 0 aliphatic rings. The van der Waals surface area contributed by atoms with Crippen LogP contribution in [0.2, 0.25) is 0 Å². The smallest absolute Gasteiger partial charge is 0.222 e. The van der Waals surface area contributed by atoms with E-state index in [1.165, 1.54) is 0 Å². The molecular formula is C11H15BrN2O. The number of nitrogens with zero attached hydrogens (tertiary/aromatic N) is 1. The molecule has 1 amide bonds. The average molecular weight is 271 g/mol. The molecule has 3 nitrogen and oxygen atoms in total. The van der Waals surface area contributed by atoms with Crippen molar-refractivity contribution in [2.45, 2.75) is 12.8 Å². The molecule has 0 radical (unpaired) electrons. The van der Waals surface area contributed by atoms with E-state index in [4.69, 9.17) is 5.73 Å². The van der Waals surface area contributed by atoms with E-state index in [0.717, 1.165) is 15.7 Å². The topological polar surface area (TPSA) is 46.3 Å². The number of benzene rings is 1. The number of aryl methyl sites for hydroxylation is 1. The fourth-order valence-corrected chi connectivity index (χ4v) is 1.64. The van der Waals surface area contributed by atoms with Crippen LogP contribution in [0.3, 0.4) is 0 Å². The minimum Gasteiger partial charge on any atom is -0.398 e. The largest absolute Gasteiger partial charge is 0.398 e. The fraction of sp³-hybridized carbons (Fsp3) is 0.364. The highest BCUT2D eigenvalue weighted by Gasteiger charge is 2.06. The van der Waals surface area contributed by atoms with Crippen LogP contribution in [-0.4, -0.2) is 24.9 Å². The van der Waals surface area contributed by atoms with Crippen molar-refractivity contribution >= 4 is 27.5 Å². The van der Waals surface area contributed by atoms with Crippen molar-refractivity contribution in [3.63, 3.8) is 0 Å². The molecule has 82 valence electrons. The van der Waals surface area contributed by atoms with Gasteiger partial charge in [0.05, 0.1) is 0 Å². The van der Waals surface area contributed by atoms with Crippen molar-refractivity contribution in [3.8, 4) is 0 Å². The molecule has 0 aliphatic carbocycles. The summed E-state index contributed by atoms with van der Waals surface area (Å²) in [5.41, 5.74) is 7.58. The van der Waals surface area contributed by atoms with Crippen LogP contribution in [0.25, 0.3) is 0 Å². The molecule has 0 atom stereocenters. The molecule has 0 fully saturated rings. The monoisotopic (exact) mass is 270 g/mol. The van der Waals surface area contributed by atoms with Crippen LogP contribution in [-0.2, 0) is 11.2 Å². The number of halogens is 1. The van der Waals surface area contributed by atoms with Crippen LogP contribution in [0.15, 0.2) is 22.7 Å². The molecule has 0 heterocycles. The molecule has 0 spiro atoms. The van der Waals surface area contributed by atoms with Gasteiger partial charge >= 0.3 is 0 Å². The molecule has 0 unspecified atom stereocenters. The maximum absolute atomic E-state index is 11.4. The van der Waals surface area contributed by atoms with E-state index >= 15 is 0 Å². The molecule has 1 aromatic carbocycles. The zero-order chi connectivity index (χ0) is 11.4. The molecule has 0 aromatic heterocycles. The van der Waals surface area contributed by atoms with E-state index in [-0.39, 0.29) is 5.91 Å². The first-order chi connectivity index (χ1) is 7.00. The molecule has 0 saturated carbocycles. The van der Waals surface area contributed by atoms with Crippen LogP contribution < -0.4 is 5.73 Å². The van der Waals surface area contributed by atoms with Crippen molar-refractivity contribution in [2.24, 2.45) is 0 Å². The summed E-state index contributed by atoms with van der Waals surface area (Å²) in [7, 11) is 3.51. The number of carbonyl (C=O) groups is 1. The summed E-state index contributed by atoms with van der Waals surface area (Å²) in [6.07, 6.45) is 1.19. The average Bonchev–Trinajstić information content (AvgIpc) is 2.15. The predicted molar refractivity (Wildman–Crippen MR) is 65.6 cm³/mol. The van der Waals surface area contributed by atoms with E-state index < -0.39 is 0 Å². The molecule has 15 heavy (non-hydrogen) atoms. The lowest BCUT2D eigenvalue weighted by molar-refractivity contribution is -0.128. The summed E-state index contributed by atoms with van der Waals surface area (Å²) in [6.45, 7) is 0. The Bertz CT molecular complexity index is 364. The van der Waals surface area contributed by atoms with Crippen LogP contribution in [0.1, 0.15) is 12.0 Å². The number of hydrogen-bond acceptors (Lipinski definition) is 2. The van der Waals surface area contributed by atoms with Gasteiger partial charge in [0, 0.05) is 30.7 Å². The minimum atomic E-state index is 0.123. The summed E-state index contributed by atoms with van der Waals surface area (Å²) >= 11 is 3.34. The quantitative estimate of drug-likeness (QED) is 0.855. The number of anilines is 1. The summed E-state index contributed by atoms with van der Waals surface area (Å²) in [6, 6.07) is 5.74. The Labute approximate surface area is 98.4 Å². The second-order valence-electron chi connectivity index (χ2n) is 3.63. The standard InChI is InChI=1S/C11H15BrN2O/c1-14(2)11(15)6-4-8-3-5-9(12)7-10(8)13/h3,5,7H,4,6,13H2,1-2H3. The Morgan fingerprint density at radius 2 is 2.13 bits per heavy atom. The molecule has 1 aromatic rings. The van der Waals surface area contributed by atoms with E-state index in [1.54, 1.807) is 19.0 Å². The van der Waals surface area contributed by atoms with Crippen molar-refractivity contribution in [2.75, 3.05) is 19.8 Å². The highest BCUT2D eigenvalue weighted by Crippen LogP contribution is 2.19. The third-order valence-electron chi connectivity index (χ3n) is 2.21. The van der Waals surface area contributed by atoms with Gasteiger partial charge < -0.3 is 10.6 Å². The first-order valence-corrected chi connectivity index (χ1v) is 5.54. The van der Waals surface area contributed by atoms with Gasteiger partial charge in [0.1, 0.15) is 0 Å². The number of carbonyl (C=O) groups excluding carboxylic acids is 1. The Morgan fingerprint density at radius 1 is 1.47 bits per heavy atom. The number of rotatable bonds is 3. The van der Waals surface area contributed by atoms with Gasteiger partial charge in [-0.15, -0.1) is 0 Å². The van der Waals surface area contributed by atoms with Crippen molar-refractivity contribution in [3.05, 3.63) is 28.2 Å². The van der Waals surface area contributed by atoms with E-state index in [2.05, 4.69) is 15.9 Å². The summed E-state index contributed by atoms with van der Waals surface area (Å²) < 4.78 is 0.961. The molecule has 0 bridgehead atoms. The van der Waals surface area contributed by atoms with Crippen LogP contribution in [0.4, 0.5) is 5.69 Å². The molecule has 1 rings (SSSR count). The Hall–Kier alpha value is -1.03. The van der Waals surface area contributed by atoms with Gasteiger partial charge in [-0.05, 0) is 24.1 Å². The van der Waals surface area contributed by atoms with Crippen molar-refractivity contribution in [1.29, 1.82) is 0 Å². The van der Waals surface area contributed by atoms with Gasteiger partial charge in [-0.3, -0.25) is 4.79 Å². The lowest BCUT2D eigenvalue weighted by Crippen LogP contribution is -2.21. The first-order valence-electron chi connectivity index (χ1n) is 4.74. The van der Waals surface area contributed by atoms with Gasteiger partial charge in [0.25, 0.3) is 0 Å². The second kappa shape index (κ2) is 5.16. The van der Waals surface area contributed by atoms with Gasteiger partial charge in [0.2, 0.25) is 5.91 Å². The molecule has 2 N–H and O–H groups in total. The summed E-state index contributed by atoms with van der Waals surface area (Å²) in [5.74, 6) is 0.123. The maximum atomic E-state index is 11.4. The van der Waals surface area contributed by atoms with Gasteiger partial charge in [-0.2, -0.15) is 0 Å². The Balaban J connectivity index is 2.62. The van der Waals surface area contributed by atoms with E-state index in [1.807, 2.05) is 18.2 Å². The lowest BCUT2D eigenvalue weighted by Gasteiger charge is -2.10. The summed E-state index contributed by atoms with van der Waals surface area (Å²) in [4.78, 5) is 13.0. The van der Waals surface area contributed by atoms with Gasteiger partial charge in [-0.1, -0.05) is 22.0 Å². The van der Waals surface area contributed by atoms with Crippen LogP contribution in [0, 0.1) is 0 Å². The lowest BCUT2D eigenvalue weighted by atomic mass is 10.1. The third-order valence-corrected chi connectivity index (χ3v) is 2.71. The number of nitrogen functional groups attached to an aromatic ring is 1. The van der Waals surface area contributed by atoms with Crippen LogP contribution in [0.5, 0.6) is 0 Å². The van der Waals surface area contributed by atoms with E-state index in [9.17, 15) is 4.79 Å². The zero-order valence-electron chi connectivity index (χ0n) is 8.96. The fourth-order valence-electron chi connectivity index (χ4n) is 1.26. The number of amides is 1. The normalized spacial score (nSPS) is 10.1. The van der Waals surface area contributed by atoms with Crippen molar-refractivity contribution in [1.82, 2.24) is 4.90 Å². The minimum absolute atomic E-state index is 0.123. The second-order valence-corrected chi connectivity index (χ2v) is 4.55. The van der Waals surface area contributed by atoms with Gasteiger partial charge in [-0.25, -0.2) is 0 Å². The third kappa shape index (κ3) is 3.55. The SMILES string of the molecule is CN(C)C(=O)CCc1ccc(Br)cc1N. The molecule has 0 saturated heterocycles. The first kappa shape index (κ1) is 12.0. The Morgan fingerprint density at radius 3 is 2.67 bits per heavy atom. The predicted octanol–water partition coefficient (Wildman–Crippen LogP) is 2.05. The summed E-state index contributed by atoms with van der Waals surface area (Å²) in [5, 5.41) is 0.